The number of nitrogens with zero attached hydrogens (tertiary/aromatic N) is 1. The number of pyridine rings is 1. The standard InChI is InChI=1S/C14H11ClN2O5/c1-22-11-4-2-8(14(19)20)6-10(11)16-13(18)9-3-5-12(15)17(21)7-9/h2-7H,1H3,(H,16,18)(H,19,20). The highest BCUT2D eigenvalue weighted by Gasteiger charge is 2.15. The Bertz CT molecular complexity index is 748. The Morgan fingerprint density at radius 3 is 2.55 bits per heavy atom. The van der Waals surface area contributed by atoms with E-state index in [1.54, 1.807) is 0 Å². The van der Waals surface area contributed by atoms with Crippen molar-refractivity contribution >= 4 is 29.2 Å². The molecule has 1 amide bonds. The minimum absolute atomic E-state index is 0.00825. The Hall–Kier alpha value is -2.80. The van der Waals surface area contributed by atoms with E-state index in [0.29, 0.717) is 10.5 Å². The van der Waals surface area contributed by atoms with E-state index in [0.717, 1.165) is 6.20 Å². The fraction of sp³-hybridized carbons (Fsp3) is 0.0714. The number of aromatic nitrogens is 1. The summed E-state index contributed by atoms with van der Waals surface area (Å²) in [7, 11) is 1.39. The number of hydrogen-bond donors (Lipinski definition) is 2. The van der Waals surface area contributed by atoms with Crippen molar-refractivity contribution in [3.8, 4) is 5.75 Å². The molecule has 1 aromatic carbocycles. The zero-order chi connectivity index (χ0) is 16.3. The summed E-state index contributed by atoms with van der Waals surface area (Å²) < 4.78 is 5.41. The first-order chi connectivity index (χ1) is 10.4. The van der Waals surface area contributed by atoms with Crippen LogP contribution in [-0.4, -0.2) is 24.1 Å². The van der Waals surface area contributed by atoms with Gasteiger partial charge in [-0.3, -0.25) is 4.79 Å². The first-order valence-corrected chi connectivity index (χ1v) is 6.41. The maximum absolute atomic E-state index is 12.1. The number of hydrogen-bond acceptors (Lipinski definition) is 4. The maximum atomic E-state index is 12.1. The van der Waals surface area contributed by atoms with Crippen LogP contribution in [-0.2, 0) is 0 Å². The molecule has 0 aliphatic carbocycles. The molecular weight excluding hydrogens is 312 g/mol. The summed E-state index contributed by atoms with van der Waals surface area (Å²) in [6.07, 6.45) is 1.02. The smallest absolute Gasteiger partial charge is 0.335 e. The molecule has 0 unspecified atom stereocenters. The van der Waals surface area contributed by atoms with Gasteiger partial charge in [0.05, 0.1) is 18.4 Å². The fourth-order valence-electron chi connectivity index (χ4n) is 1.73. The van der Waals surface area contributed by atoms with Crippen molar-refractivity contribution in [1.82, 2.24) is 0 Å². The number of carboxylic acid groups (broad SMARTS) is 1. The summed E-state index contributed by atoms with van der Waals surface area (Å²) in [5, 5.41) is 22.8. The Morgan fingerprint density at radius 1 is 1.27 bits per heavy atom. The third-order valence-electron chi connectivity index (χ3n) is 2.82. The number of carbonyl (C=O) groups excluding carboxylic acids is 1. The van der Waals surface area contributed by atoms with Gasteiger partial charge in [0.25, 0.3) is 11.1 Å². The minimum atomic E-state index is -1.14. The van der Waals surface area contributed by atoms with E-state index in [1.165, 1.54) is 37.4 Å². The molecule has 0 atom stereocenters. The number of halogens is 1. The van der Waals surface area contributed by atoms with Crippen molar-refractivity contribution in [1.29, 1.82) is 0 Å². The van der Waals surface area contributed by atoms with E-state index >= 15 is 0 Å². The molecule has 0 aliphatic rings. The lowest BCUT2D eigenvalue weighted by Gasteiger charge is -2.11. The molecule has 114 valence electrons. The monoisotopic (exact) mass is 322 g/mol. The molecule has 0 aliphatic heterocycles. The Morgan fingerprint density at radius 2 is 1.95 bits per heavy atom. The van der Waals surface area contributed by atoms with Crippen LogP contribution in [0.25, 0.3) is 0 Å². The lowest BCUT2D eigenvalue weighted by atomic mass is 10.1. The van der Waals surface area contributed by atoms with Gasteiger partial charge in [-0.2, -0.15) is 4.73 Å². The Kier molecular flexibility index (Phi) is 4.47. The summed E-state index contributed by atoms with van der Waals surface area (Å²) in [5.41, 5.74) is 0.244. The number of amides is 1. The average molecular weight is 323 g/mol. The molecule has 1 heterocycles. The molecule has 7 nitrogen and oxygen atoms in total. The van der Waals surface area contributed by atoms with Gasteiger partial charge in [-0.15, -0.1) is 0 Å². The zero-order valence-electron chi connectivity index (χ0n) is 11.4. The van der Waals surface area contributed by atoms with Gasteiger partial charge in [0, 0.05) is 6.07 Å². The Labute approximate surface area is 130 Å². The molecule has 0 spiro atoms. The number of anilines is 1. The first-order valence-electron chi connectivity index (χ1n) is 6.03. The van der Waals surface area contributed by atoms with Gasteiger partial charge in [0.15, 0.2) is 6.20 Å². The van der Waals surface area contributed by atoms with Gasteiger partial charge in [0.1, 0.15) is 11.3 Å². The molecule has 22 heavy (non-hydrogen) atoms. The zero-order valence-corrected chi connectivity index (χ0v) is 12.1. The molecule has 2 N–H and O–H groups in total. The van der Waals surface area contributed by atoms with Crippen LogP contribution in [0.3, 0.4) is 0 Å². The van der Waals surface area contributed by atoms with Crippen LogP contribution in [0.4, 0.5) is 5.69 Å². The molecule has 0 radical (unpaired) electrons. The molecule has 0 saturated heterocycles. The van der Waals surface area contributed by atoms with Crippen molar-refractivity contribution in [3.63, 3.8) is 0 Å². The Balaban J connectivity index is 2.32. The SMILES string of the molecule is COc1ccc(C(=O)O)cc1NC(=O)c1ccc(Cl)[n+]([O-])c1. The number of ether oxygens (including phenoxy) is 1. The fourth-order valence-corrected chi connectivity index (χ4v) is 1.84. The summed E-state index contributed by atoms with van der Waals surface area (Å²) >= 11 is 5.58. The van der Waals surface area contributed by atoms with E-state index in [9.17, 15) is 14.8 Å². The number of carboxylic acids is 1. The van der Waals surface area contributed by atoms with Crippen LogP contribution in [0.5, 0.6) is 5.75 Å². The van der Waals surface area contributed by atoms with E-state index in [-0.39, 0.29) is 22.0 Å². The van der Waals surface area contributed by atoms with Gasteiger partial charge in [-0.05, 0) is 35.9 Å². The second-order valence-corrected chi connectivity index (χ2v) is 4.63. The molecule has 2 rings (SSSR count). The van der Waals surface area contributed by atoms with Crippen molar-refractivity contribution in [3.05, 3.63) is 58.0 Å². The summed E-state index contributed by atoms with van der Waals surface area (Å²) in [6, 6.07) is 6.70. The van der Waals surface area contributed by atoms with Crippen molar-refractivity contribution < 1.29 is 24.2 Å². The van der Waals surface area contributed by atoms with Crippen molar-refractivity contribution in [2.75, 3.05) is 12.4 Å². The number of methoxy groups -OCH3 is 1. The highest BCUT2D eigenvalue weighted by atomic mass is 35.5. The van der Waals surface area contributed by atoms with E-state index in [1.807, 2.05) is 0 Å². The van der Waals surface area contributed by atoms with Crippen LogP contribution in [0.1, 0.15) is 20.7 Å². The predicted octanol–water partition coefficient (Wildman–Crippen LogP) is 1.93. The largest absolute Gasteiger partial charge is 0.618 e. The lowest BCUT2D eigenvalue weighted by molar-refractivity contribution is -0.603. The van der Waals surface area contributed by atoms with Crippen molar-refractivity contribution in [2.24, 2.45) is 0 Å². The van der Waals surface area contributed by atoms with Gasteiger partial charge in [-0.1, -0.05) is 0 Å². The maximum Gasteiger partial charge on any atom is 0.335 e. The number of rotatable bonds is 4. The molecule has 0 bridgehead atoms. The van der Waals surface area contributed by atoms with Crippen LogP contribution in [0.2, 0.25) is 5.15 Å². The molecule has 1 aromatic heterocycles. The van der Waals surface area contributed by atoms with Crippen LogP contribution < -0.4 is 14.8 Å². The molecular formula is C14H11ClN2O5. The van der Waals surface area contributed by atoms with Crippen LogP contribution in [0, 0.1) is 5.21 Å². The van der Waals surface area contributed by atoms with E-state index in [2.05, 4.69) is 5.32 Å². The predicted molar refractivity (Wildman–Crippen MR) is 78.3 cm³/mol. The molecule has 0 saturated carbocycles. The molecule has 0 fully saturated rings. The second kappa shape index (κ2) is 6.31. The van der Waals surface area contributed by atoms with Gasteiger partial charge >= 0.3 is 5.97 Å². The van der Waals surface area contributed by atoms with Gasteiger partial charge in [0.2, 0.25) is 0 Å². The highest BCUT2D eigenvalue weighted by Crippen LogP contribution is 2.26. The molecule has 8 heteroatoms. The average Bonchev–Trinajstić information content (AvgIpc) is 2.49. The van der Waals surface area contributed by atoms with Crippen LogP contribution >= 0.6 is 11.6 Å². The quantitative estimate of drug-likeness (QED) is 0.508. The number of carbonyl (C=O) groups is 2. The third-order valence-corrected chi connectivity index (χ3v) is 3.12. The van der Waals surface area contributed by atoms with Gasteiger partial charge in [-0.25, -0.2) is 4.79 Å². The third kappa shape index (κ3) is 3.26. The van der Waals surface area contributed by atoms with Crippen LogP contribution in [0.15, 0.2) is 36.5 Å². The summed E-state index contributed by atoms with van der Waals surface area (Å²) in [4.78, 5) is 23.1. The first kappa shape index (κ1) is 15.6. The normalized spacial score (nSPS) is 10.1. The van der Waals surface area contributed by atoms with E-state index < -0.39 is 11.9 Å². The highest BCUT2D eigenvalue weighted by molar-refractivity contribution is 6.28. The topological polar surface area (TPSA) is 103 Å². The molecule has 2 aromatic rings. The lowest BCUT2D eigenvalue weighted by Crippen LogP contribution is -2.29. The van der Waals surface area contributed by atoms with Crippen molar-refractivity contribution in [2.45, 2.75) is 0 Å². The number of benzene rings is 1. The van der Waals surface area contributed by atoms with E-state index in [4.69, 9.17) is 21.4 Å². The summed E-state index contributed by atoms with van der Waals surface area (Å²) in [6.45, 7) is 0. The minimum Gasteiger partial charge on any atom is -0.618 e. The number of nitrogens with one attached hydrogen (secondary N) is 1. The van der Waals surface area contributed by atoms with Gasteiger partial charge < -0.3 is 20.4 Å². The summed E-state index contributed by atoms with van der Waals surface area (Å²) in [5.74, 6) is -1.44. The second-order valence-electron chi connectivity index (χ2n) is 4.24. The number of aromatic carboxylic acids is 1.